The number of nitrogens with zero attached hydrogens (tertiary/aromatic N) is 1. The molecule has 1 heterocycles. The molecule has 0 N–H and O–H groups in total. The van der Waals surface area contributed by atoms with Gasteiger partial charge in [0.15, 0.2) is 0 Å². The number of anilines is 1. The summed E-state index contributed by atoms with van der Waals surface area (Å²) in [5, 5.41) is 0. The number of fused-ring (bicyclic) bond motifs is 1. The number of unbranched alkanes of at least 4 members (excludes halogenated alkanes) is 1. The van der Waals surface area contributed by atoms with Gasteiger partial charge in [0, 0.05) is 18.7 Å². The van der Waals surface area contributed by atoms with E-state index >= 15 is 0 Å². The van der Waals surface area contributed by atoms with Crippen molar-refractivity contribution in [3.8, 4) is 0 Å². The number of aryl methyl sites for hydroxylation is 1. The van der Waals surface area contributed by atoms with Gasteiger partial charge in [-0.2, -0.15) is 12.6 Å². The third kappa shape index (κ3) is 2.40. The fourth-order valence-electron chi connectivity index (χ4n) is 2.12. The first kappa shape index (κ1) is 11.5. The fourth-order valence-corrected chi connectivity index (χ4v) is 2.35. The van der Waals surface area contributed by atoms with Crippen LogP contribution < -0.4 is 4.90 Å². The Labute approximate surface area is 102 Å². The standard InChI is InChI=1S/C13H17NOS/c15-13-8-7-11-5-1-2-6-12(11)14(13)9-3-4-10-16/h1-2,5-6,16H,3-4,7-10H2. The van der Waals surface area contributed by atoms with Crippen LogP contribution in [0.1, 0.15) is 24.8 Å². The lowest BCUT2D eigenvalue weighted by Crippen LogP contribution is -2.35. The smallest absolute Gasteiger partial charge is 0.227 e. The summed E-state index contributed by atoms with van der Waals surface area (Å²) in [7, 11) is 0. The van der Waals surface area contributed by atoms with Gasteiger partial charge in [-0.1, -0.05) is 18.2 Å². The summed E-state index contributed by atoms with van der Waals surface area (Å²) in [4.78, 5) is 13.8. The van der Waals surface area contributed by atoms with Gasteiger partial charge in [0.1, 0.15) is 0 Å². The second kappa shape index (κ2) is 5.39. The van der Waals surface area contributed by atoms with E-state index in [1.807, 2.05) is 23.1 Å². The molecule has 0 aliphatic carbocycles. The molecule has 0 unspecified atom stereocenters. The van der Waals surface area contributed by atoms with Gasteiger partial charge in [-0.3, -0.25) is 4.79 Å². The molecule has 1 aliphatic rings. The molecule has 0 aromatic heterocycles. The van der Waals surface area contributed by atoms with Crippen molar-refractivity contribution in [2.24, 2.45) is 0 Å². The maximum absolute atomic E-state index is 11.9. The van der Waals surface area contributed by atoms with Crippen LogP contribution in [0.2, 0.25) is 0 Å². The minimum Gasteiger partial charge on any atom is -0.312 e. The lowest BCUT2D eigenvalue weighted by atomic mass is 10.0. The van der Waals surface area contributed by atoms with Crippen LogP contribution >= 0.6 is 12.6 Å². The van der Waals surface area contributed by atoms with Crippen molar-refractivity contribution in [2.45, 2.75) is 25.7 Å². The van der Waals surface area contributed by atoms with Gasteiger partial charge in [-0.25, -0.2) is 0 Å². The normalized spacial score (nSPS) is 15.1. The van der Waals surface area contributed by atoms with Gasteiger partial charge in [-0.15, -0.1) is 0 Å². The van der Waals surface area contributed by atoms with Crippen LogP contribution in [0.4, 0.5) is 5.69 Å². The number of rotatable bonds is 4. The molecule has 86 valence electrons. The van der Waals surface area contributed by atoms with Crippen LogP contribution in [0.25, 0.3) is 0 Å². The Morgan fingerprint density at radius 3 is 2.81 bits per heavy atom. The highest BCUT2D eigenvalue weighted by Gasteiger charge is 2.22. The second-order valence-corrected chi connectivity index (χ2v) is 4.55. The van der Waals surface area contributed by atoms with Crippen LogP contribution in [0.15, 0.2) is 24.3 Å². The quantitative estimate of drug-likeness (QED) is 0.628. The zero-order valence-electron chi connectivity index (χ0n) is 9.35. The molecule has 2 rings (SSSR count). The van der Waals surface area contributed by atoms with Gasteiger partial charge in [0.05, 0.1) is 0 Å². The van der Waals surface area contributed by atoms with E-state index in [1.54, 1.807) is 0 Å². The zero-order valence-corrected chi connectivity index (χ0v) is 10.2. The number of thiol groups is 1. The van der Waals surface area contributed by atoms with Crippen LogP contribution in [0, 0.1) is 0 Å². The highest BCUT2D eigenvalue weighted by atomic mass is 32.1. The molecule has 1 aliphatic heterocycles. The minimum absolute atomic E-state index is 0.262. The van der Waals surface area contributed by atoms with Gasteiger partial charge in [0.2, 0.25) is 5.91 Å². The molecule has 0 atom stereocenters. The summed E-state index contributed by atoms with van der Waals surface area (Å²) in [6.07, 6.45) is 3.63. The summed E-state index contributed by atoms with van der Waals surface area (Å²) in [6, 6.07) is 8.21. The molecule has 1 amide bonds. The maximum Gasteiger partial charge on any atom is 0.227 e. The van der Waals surface area contributed by atoms with Crippen molar-refractivity contribution in [3.05, 3.63) is 29.8 Å². The lowest BCUT2D eigenvalue weighted by Gasteiger charge is -2.29. The first-order chi connectivity index (χ1) is 7.83. The summed E-state index contributed by atoms with van der Waals surface area (Å²) < 4.78 is 0. The Bertz CT molecular complexity index is 378. The molecular weight excluding hydrogens is 218 g/mol. The number of benzene rings is 1. The highest BCUT2D eigenvalue weighted by molar-refractivity contribution is 7.80. The molecule has 1 aromatic rings. The second-order valence-electron chi connectivity index (χ2n) is 4.10. The molecule has 0 spiro atoms. The van der Waals surface area contributed by atoms with Crippen molar-refractivity contribution in [1.29, 1.82) is 0 Å². The topological polar surface area (TPSA) is 20.3 Å². The molecular formula is C13H17NOS. The van der Waals surface area contributed by atoms with Crippen molar-refractivity contribution >= 4 is 24.2 Å². The number of amides is 1. The van der Waals surface area contributed by atoms with E-state index < -0.39 is 0 Å². The fraction of sp³-hybridized carbons (Fsp3) is 0.462. The Balaban J connectivity index is 2.13. The number of carbonyl (C=O) groups excluding carboxylic acids is 1. The summed E-state index contributed by atoms with van der Waals surface area (Å²) in [6.45, 7) is 0.830. The Morgan fingerprint density at radius 2 is 2.00 bits per heavy atom. The van der Waals surface area contributed by atoms with Crippen LogP contribution in [0.3, 0.4) is 0 Å². The molecule has 0 bridgehead atoms. The maximum atomic E-state index is 11.9. The average Bonchev–Trinajstić information content (AvgIpc) is 2.32. The molecule has 16 heavy (non-hydrogen) atoms. The predicted molar refractivity (Wildman–Crippen MR) is 70.2 cm³/mol. The summed E-state index contributed by atoms with van der Waals surface area (Å²) in [5.74, 6) is 1.15. The van der Waals surface area contributed by atoms with Gasteiger partial charge >= 0.3 is 0 Å². The highest BCUT2D eigenvalue weighted by Crippen LogP contribution is 2.27. The number of hydrogen-bond acceptors (Lipinski definition) is 2. The Morgan fingerprint density at radius 1 is 1.19 bits per heavy atom. The van der Waals surface area contributed by atoms with Crippen molar-refractivity contribution in [2.75, 3.05) is 17.2 Å². The number of carbonyl (C=O) groups is 1. The molecule has 2 nitrogen and oxygen atoms in total. The van der Waals surface area contributed by atoms with Gasteiger partial charge in [0.25, 0.3) is 0 Å². The summed E-state index contributed by atoms with van der Waals surface area (Å²) in [5.41, 5.74) is 2.41. The first-order valence-electron chi connectivity index (χ1n) is 5.82. The predicted octanol–water partition coefficient (Wildman–Crippen LogP) is 2.68. The van der Waals surface area contributed by atoms with Gasteiger partial charge in [-0.05, 0) is 36.6 Å². The third-order valence-electron chi connectivity index (χ3n) is 2.98. The minimum atomic E-state index is 0.262. The first-order valence-corrected chi connectivity index (χ1v) is 6.45. The molecule has 0 radical (unpaired) electrons. The Hall–Kier alpha value is -0.960. The zero-order chi connectivity index (χ0) is 11.4. The van der Waals surface area contributed by atoms with E-state index in [4.69, 9.17) is 0 Å². The van der Waals surface area contributed by atoms with E-state index in [0.29, 0.717) is 6.42 Å². The summed E-state index contributed by atoms with van der Waals surface area (Å²) >= 11 is 4.19. The monoisotopic (exact) mass is 235 g/mol. The number of hydrogen-bond donors (Lipinski definition) is 1. The van der Waals surface area contributed by atoms with E-state index in [-0.39, 0.29) is 5.91 Å². The molecule has 3 heteroatoms. The van der Waals surface area contributed by atoms with Crippen molar-refractivity contribution in [1.82, 2.24) is 0 Å². The lowest BCUT2D eigenvalue weighted by molar-refractivity contribution is -0.118. The van der Waals surface area contributed by atoms with E-state index in [2.05, 4.69) is 18.7 Å². The van der Waals surface area contributed by atoms with E-state index in [9.17, 15) is 4.79 Å². The van der Waals surface area contributed by atoms with Crippen LogP contribution in [0.5, 0.6) is 0 Å². The molecule has 0 saturated carbocycles. The molecule has 0 fully saturated rings. The van der Waals surface area contributed by atoms with E-state index in [0.717, 1.165) is 37.2 Å². The molecule has 0 saturated heterocycles. The van der Waals surface area contributed by atoms with Crippen LogP contribution in [-0.4, -0.2) is 18.2 Å². The number of para-hydroxylation sites is 1. The SMILES string of the molecule is O=C1CCc2ccccc2N1CCCCS. The van der Waals surface area contributed by atoms with Crippen molar-refractivity contribution < 1.29 is 4.79 Å². The Kier molecular flexibility index (Phi) is 3.88. The molecule has 1 aromatic carbocycles. The largest absolute Gasteiger partial charge is 0.312 e. The van der Waals surface area contributed by atoms with Crippen molar-refractivity contribution in [3.63, 3.8) is 0 Å². The average molecular weight is 235 g/mol. The van der Waals surface area contributed by atoms with Crippen LogP contribution in [-0.2, 0) is 11.2 Å². The van der Waals surface area contributed by atoms with Gasteiger partial charge < -0.3 is 4.90 Å². The van der Waals surface area contributed by atoms with E-state index in [1.165, 1.54) is 5.56 Å². The third-order valence-corrected chi connectivity index (χ3v) is 3.30.